The molecule has 0 aromatic rings. The standard InChI is InChI=1S/C12H23NO3S/c1-17(15,16)10-6-9-12(14)13-11-7-4-2-3-5-8-11/h11H,2-10H2,1H3,(H,13,14). The second kappa shape index (κ2) is 6.99. The van der Waals surface area contributed by atoms with E-state index < -0.39 is 9.84 Å². The molecule has 0 saturated heterocycles. The van der Waals surface area contributed by atoms with Crippen LogP contribution >= 0.6 is 0 Å². The van der Waals surface area contributed by atoms with Crippen molar-refractivity contribution in [2.45, 2.75) is 57.4 Å². The van der Waals surface area contributed by atoms with Gasteiger partial charge in [0.1, 0.15) is 9.84 Å². The van der Waals surface area contributed by atoms with Gasteiger partial charge in [0, 0.05) is 18.7 Å². The Hall–Kier alpha value is -0.580. The molecule has 0 aromatic carbocycles. The van der Waals surface area contributed by atoms with Crippen molar-refractivity contribution in [2.75, 3.05) is 12.0 Å². The first-order valence-electron chi connectivity index (χ1n) is 6.44. The van der Waals surface area contributed by atoms with Gasteiger partial charge in [0.15, 0.2) is 0 Å². The van der Waals surface area contributed by atoms with E-state index in [9.17, 15) is 13.2 Å². The van der Waals surface area contributed by atoms with Crippen LogP contribution in [0, 0.1) is 0 Å². The zero-order valence-electron chi connectivity index (χ0n) is 10.6. The summed E-state index contributed by atoms with van der Waals surface area (Å²) < 4.78 is 21.8. The molecule has 1 saturated carbocycles. The predicted octanol–water partition coefficient (Wildman–Crippen LogP) is 1.65. The molecular formula is C12H23NO3S. The number of amides is 1. The van der Waals surface area contributed by atoms with Crippen LogP contribution in [0.3, 0.4) is 0 Å². The number of nitrogens with one attached hydrogen (secondary N) is 1. The van der Waals surface area contributed by atoms with E-state index in [2.05, 4.69) is 5.32 Å². The lowest BCUT2D eigenvalue weighted by Crippen LogP contribution is -2.34. The molecule has 100 valence electrons. The van der Waals surface area contributed by atoms with Crippen LogP contribution < -0.4 is 5.32 Å². The first-order valence-corrected chi connectivity index (χ1v) is 8.50. The maximum Gasteiger partial charge on any atom is 0.220 e. The average molecular weight is 261 g/mol. The number of rotatable bonds is 5. The van der Waals surface area contributed by atoms with Crippen molar-refractivity contribution in [3.63, 3.8) is 0 Å². The quantitative estimate of drug-likeness (QED) is 0.765. The Morgan fingerprint density at radius 1 is 1.18 bits per heavy atom. The van der Waals surface area contributed by atoms with Crippen molar-refractivity contribution in [3.05, 3.63) is 0 Å². The van der Waals surface area contributed by atoms with Crippen LogP contribution in [-0.2, 0) is 14.6 Å². The maximum atomic E-state index is 11.6. The summed E-state index contributed by atoms with van der Waals surface area (Å²) in [6, 6.07) is 0.309. The summed E-state index contributed by atoms with van der Waals surface area (Å²) >= 11 is 0. The van der Waals surface area contributed by atoms with E-state index in [4.69, 9.17) is 0 Å². The van der Waals surface area contributed by atoms with E-state index in [0.717, 1.165) is 12.8 Å². The molecule has 1 aliphatic rings. The van der Waals surface area contributed by atoms with Crippen molar-refractivity contribution in [3.8, 4) is 0 Å². The van der Waals surface area contributed by atoms with Gasteiger partial charge in [0.05, 0.1) is 5.75 Å². The molecule has 1 amide bonds. The normalized spacial score (nSPS) is 18.6. The van der Waals surface area contributed by atoms with Crippen molar-refractivity contribution in [1.82, 2.24) is 5.32 Å². The average Bonchev–Trinajstić information content (AvgIpc) is 2.44. The lowest BCUT2D eigenvalue weighted by atomic mass is 10.1. The van der Waals surface area contributed by atoms with Gasteiger partial charge in [-0.1, -0.05) is 25.7 Å². The van der Waals surface area contributed by atoms with E-state index >= 15 is 0 Å². The Morgan fingerprint density at radius 3 is 2.29 bits per heavy atom. The smallest absolute Gasteiger partial charge is 0.220 e. The highest BCUT2D eigenvalue weighted by atomic mass is 32.2. The minimum absolute atomic E-state index is 0.000509. The fraction of sp³-hybridized carbons (Fsp3) is 0.917. The minimum atomic E-state index is -2.94. The Bertz CT molecular complexity index is 330. The Morgan fingerprint density at radius 2 is 1.76 bits per heavy atom. The summed E-state index contributed by atoms with van der Waals surface area (Å²) in [6.45, 7) is 0. The Balaban J connectivity index is 2.19. The zero-order chi connectivity index (χ0) is 12.7. The van der Waals surface area contributed by atoms with E-state index in [1.54, 1.807) is 0 Å². The predicted molar refractivity (Wildman–Crippen MR) is 68.6 cm³/mol. The van der Waals surface area contributed by atoms with Crippen LogP contribution in [0.1, 0.15) is 51.4 Å². The second-order valence-electron chi connectivity index (χ2n) is 4.99. The molecular weight excluding hydrogens is 238 g/mol. The Kier molecular flexibility index (Phi) is 5.95. The van der Waals surface area contributed by atoms with Crippen LogP contribution in [0.2, 0.25) is 0 Å². The van der Waals surface area contributed by atoms with Gasteiger partial charge in [-0.15, -0.1) is 0 Å². The molecule has 0 spiro atoms. The van der Waals surface area contributed by atoms with E-state index in [0.29, 0.717) is 18.9 Å². The third-order valence-corrected chi connectivity index (χ3v) is 4.17. The first-order chi connectivity index (χ1) is 7.97. The summed E-state index contributed by atoms with van der Waals surface area (Å²) in [5, 5.41) is 3.01. The summed E-state index contributed by atoms with van der Waals surface area (Å²) in [7, 11) is -2.94. The largest absolute Gasteiger partial charge is 0.353 e. The SMILES string of the molecule is CS(=O)(=O)CCCC(=O)NC1CCCCCC1. The highest BCUT2D eigenvalue weighted by Crippen LogP contribution is 2.17. The second-order valence-corrected chi connectivity index (χ2v) is 7.25. The Labute approximate surface area is 104 Å². The van der Waals surface area contributed by atoms with Gasteiger partial charge >= 0.3 is 0 Å². The number of hydrogen-bond acceptors (Lipinski definition) is 3. The molecule has 5 heteroatoms. The van der Waals surface area contributed by atoms with E-state index in [-0.39, 0.29) is 11.7 Å². The summed E-state index contributed by atoms with van der Waals surface area (Å²) in [5.74, 6) is 0.103. The van der Waals surface area contributed by atoms with Crippen molar-refractivity contribution >= 4 is 15.7 Å². The van der Waals surface area contributed by atoms with Crippen LogP contribution in [0.25, 0.3) is 0 Å². The van der Waals surface area contributed by atoms with Crippen LogP contribution in [0.4, 0.5) is 0 Å². The van der Waals surface area contributed by atoms with Crippen LogP contribution in [-0.4, -0.2) is 32.4 Å². The van der Waals surface area contributed by atoms with Crippen LogP contribution in [0.15, 0.2) is 0 Å². The van der Waals surface area contributed by atoms with Crippen molar-refractivity contribution in [1.29, 1.82) is 0 Å². The minimum Gasteiger partial charge on any atom is -0.353 e. The molecule has 0 bridgehead atoms. The lowest BCUT2D eigenvalue weighted by Gasteiger charge is -2.15. The lowest BCUT2D eigenvalue weighted by molar-refractivity contribution is -0.121. The fourth-order valence-electron chi connectivity index (χ4n) is 2.22. The highest BCUT2D eigenvalue weighted by Gasteiger charge is 2.14. The van der Waals surface area contributed by atoms with Gasteiger partial charge in [-0.05, 0) is 19.3 Å². The number of carbonyl (C=O) groups is 1. The molecule has 1 rings (SSSR count). The zero-order valence-corrected chi connectivity index (χ0v) is 11.4. The van der Waals surface area contributed by atoms with Gasteiger partial charge in [-0.3, -0.25) is 4.79 Å². The maximum absolute atomic E-state index is 11.6. The van der Waals surface area contributed by atoms with Gasteiger partial charge in [0.25, 0.3) is 0 Å². The molecule has 0 unspecified atom stereocenters. The first kappa shape index (κ1) is 14.5. The fourth-order valence-corrected chi connectivity index (χ4v) is 2.89. The molecule has 17 heavy (non-hydrogen) atoms. The van der Waals surface area contributed by atoms with Crippen molar-refractivity contribution < 1.29 is 13.2 Å². The highest BCUT2D eigenvalue weighted by molar-refractivity contribution is 7.90. The van der Waals surface area contributed by atoms with Crippen LogP contribution in [0.5, 0.6) is 0 Å². The molecule has 0 heterocycles. The molecule has 4 nitrogen and oxygen atoms in total. The van der Waals surface area contributed by atoms with Gasteiger partial charge < -0.3 is 5.32 Å². The molecule has 1 fully saturated rings. The molecule has 0 atom stereocenters. The molecule has 1 aliphatic carbocycles. The molecule has 0 aliphatic heterocycles. The molecule has 0 aromatic heterocycles. The summed E-state index contributed by atoms with van der Waals surface area (Å²) in [4.78, 5) is 11.6. The van der Waals surface area contributed by atoms with E-state index in [1.807, 2.05) is 0 Å². The van der Waals surface area contributed by atoms with Gasteiger partial charge in [-0.25, -0.2) is 8.42 Å². The number of carbonyl (C=O) groups excluding carboxylic acids is 1. The third-order valence-electron chi connectivity index (χ3n) is 3.14. The topological polar surface area (TPSA) is 63.2 Å². The molecule has 0 radical (unpaired) electrons. The molecule has 1 N–H and O–H groups in total. The van der Waals surface area contributed by atoms with Crippen molar-refractivity contribution in [2.24, 2.45) is 0 Å². The van der Waals surface area contributed by atoms with Gasteiger partial charge in [0.2, 0.25) is 5.91 Å². The summed E-state index contributed by atoms with van der Waals surface area (Å²) in [5.41, 5.74) is 0. The van der Waals surface area contributed by atoms with Gasteiger partial charge in [-0.2, -0.15) is 0 Å². The number of sulfone groups is 1. The summed E-state index contributed by atoms with van der Waals surface area (Å²) in [6.07, 6.45) is 9.00. The van der Waals surface area contributed by atoms with E-state index in [1.165, 1.54) is 31.9 Å². The monoisotopic (exact) mass is 261 g/mol. The third kappa shape index (κ3) is 7.36. The number of hydrogen-bond donors (Lipinski definition) is 1.